The van der Waals surface area contributed by atoms with Crippen LogP contribution in [0.3, 0.4) is 0 Å². The number of hydrogen-bond donors (Lipinski definition) is 0. The van der Waals surface area contributed by atoms with Gasteiger partial charge in [-0.2, -0.15) is 12.1 Å². The zero-order valence-electron chi connectivity index (χ0n) is 38.4. The molecular formula is C60H52N4OPt-2. The van der Waals surface area contributed by atoms with Gasteiger partial charge in [0.05, 0.1) is 11.4 Å². The number of hydrogen-bond acceptors (Lipinski definition) is 2. The molecule has 0 saturated heterocycles. The minimum absolute atomic E-state index is 0. The predicted molar refractivity (Wildman–Crippen MR) is 264 cm³/mol. The van der Waals surface area contributed by atoms with Crippen LogP contribution in [-0.4, -0.2) is 14.1 Å². The number of aromatic nitrogens is 4. The van der Waals surface area contributed by atoms with Crippen molar-refractivity contribution >= 4 is 21.8 Å². The molecule has 0 unspecified atom stereocenters. The van der Waals surface area contributed by atoms with Gasteiger partial charge in [0.2, 0.25) is 0 Å². The third-order valence-corrected chi connectivity index (χ3v) is 13.0. The molecule has 0 bridgehead atoms. The van der Waals surface area contributed by atoms with Gasteiger partial charge in [-0.25, -0.2) is 4.98 Å². The van der Waals surface area contributed by atoms with E-state index in [1.807, 2.05) is 18.3 Å². The maximum atomic E-state index is 6.87. The SMILES string of the molecule is CC(C)(C)c1c[n+](-c2cccc(C(C)(C)c3ccccc3)c2)[c-]n1-c1[c-]c(Oc2[c-]c3c(cc2)c2ccccc2n3-c2cc(C(C)(C)c3ccccc3)ccn2)cc(-c2ccccc2)c1.[Pt]. The monoisotopic (exact) mass is 1040 g/mol. The van der Waals surface area contributed by atoms with Crippen LogP contribution < -0.4 is 9.30 Å². The number of rotatable bonds is 10. The summed E-state index contributed by atoms with van der Waals surface area (Å²) in [5.41, 5.74) is 11.2. The molecule has 5 nitrogen and oxygen atoms in total. The summed E-state index contributed by atoms with van der Waals surface area (Å²) < 4.78 is 13.3. The molecule has 3 aromatic heterocycles. The number of benzene rings is 7. The molecule has 0 N–H and O–H groups in total. The molecule has 7 aromatic carbocycles. The van der Waals surface area contributed by atoms with E-state index in [2.05, 4.69) is 251 Å². The van der Waals surface area contributed by atoms with Crippen LogP contribution in [-0.2, 0) is 37.3 Å². The molecular weight excluding hydrogens is 988 g/mol. The topological polar surface area (TPSA) is 35.9 Å². The number of nitrogens with zero attached hydrogens (tertiary/aromatic N) is 4. The fourth-order valence-corrected chi connectivity index (χ4v) is 9.02. The molecule has 0 spiro atoms. The Bertz CT molecular complexity index is 3320. The first-order valence-electron chi connectivity index (χ1n) is 22.4. The van der Waals surface area contributed by atoms with Crippen molar-refractivity contribution < 1.29 is 30.4 Å². The number of para-hydroxylation sites is 1. The van der Waals surface area contributed by atoms with Crippen molar-refractivity contribution in [3.05, 3.63) is 235 Å². The second kappa shape index (κ2) is 17.5. The van der Waals surface area contributed by atoms with E-state index >= 15 is 0 Å². The van der Waals surface area contributed by atoms with E-state index in [-0.39, 0.29) is 37.3 Å². The molecule has 0 atom stereocenters. The van der Waals surface area contributed by atoms with E-state index in [9.17, 15) is 0 Å². The first kappa shape index (κ1) is 44.4. The molecule has 0 aliphatic heterocycles. The van der Waals surface area contributed by atoms with Crippen LogP contribution in [0.1, 0.15) is 76.4 Å². The zero-order valence-corrected chi connectivity index (χ0v) is 40.7. The van der Waals surface area contributed by atoms with Crippen molar-refractivity contribution in [2.24, 2.45) is 0 Å². The summed E-state index contributed by atoms with van der Waals surface area (Å²) >= 11 is 0. The first-order valence-corrected chi connectivity index (χ1v) is 22.4. The van der Waals surface area contributed by atoms with Crippen molar-refractivity contribution in [1.29, 1.82) is 0 Å². The van der Waals surface area contributed by atoms with Crippen LogP contribution in [0, 0.1) is 18.5 Å². The van der Waals surface area contributed by atoms with E-state index < -0.39 is 0 Å². The van der Waals surface area contributed by atoms with Crippen molar-refractivity contribution in [2.75, 3.05) is 0 Å². The van der Waals surface area contributed by atoms with Crippen LogP contribution in [0.25, 0.3) is 50.1 Å². The smallest absolute Gasteiger partial charge is 0.267 e. The Labute approximate surface area is 403 Å². The number of pyridine rings is 1. The summed E-state index contributed by atoms with van der Waals surface area (Å²) in [5.74, 6) is 1.98. The van der Waals surface area contributed by atoms with Crippen LogP contribution >= 0.6 is 0 Å². The van der Waals surface area contributed by atoms with Gasteiger partial charge in [-0.15, -0.1) is 35.2 Å². The van der Waals surface area contributed by atoms with E-state index in [1.165, 1.54) is 22.3 Å². The summed E-state index contributed by atoms with van der Waals surface area (Å²) in [6, 6.07) is 69.1. The van der Waals surface area contributed by atoms with Crippen molar-refractivity contribution in [3.63, 3.8) is 0 Å². The van der Waals surface area contributed by atoms with E-state index in [0.717, 1.165) is 55.8 Å². The quantitative estimate of drug-likeness (QED) is 0.101. The van der Waals surface area contributed by atoms with Gasteiger partial charge in [0.15, 0.2) is 0 Å². The van der Waals surface area contributed by atoms with E-state index in [1.54, 1.807) is 0 Å². The number of imidazole rings is 1. The minimum atomic E-state index is -0.237. The Morgan fingerprint density at radius 3 is 1.83 bits per heavy atom. The van der Waals surface area contributed by atoms with Crippen LogP contribution in [0.4, 0.5) is 0 Å². The molecule has 0 fully saturated rings. The van der Waals surface area contributed by atoms with Gasteiger partial charge in [0, 0.05) is 61.3 Å². The van der Waals surface area contributed by atoms with Crippen molar-refractivity contribution in [2.45, 2.75) is 64.7 Å². The van der Waals surface area contributed by atoms with Gasteiger partial charge in [-0.1, -0.05) is 175 Å². The third kappa shape index (κ3) is 8.33. The third-order valence-electron chi connectivity index (χ3n) is 13.0. The Balaban J connectivity index is 0.00000548. The predicted octanol–water partition coefficient (Wildman–Crippen LogP) is 14.1. The van der Waals surface area contributed by atoms with E-state index in [0.29, 0.717) is 11.5 Å². The molecule has 6 heteroatoms. The molecule has 0 aliphatic carbocycles. The molecule has 0 aliphatic rings. The number of ether oxygens (including phenoxy) is 1. The Hall–Kier alpha value is -6.81. The normalized spacial score (nSPS) is 12.0. The van der Waals surface area contributed by atoms with Gasteiger partial charge in [-0.3, -0.25) is 4.57 Å². The molecule has 330 valence electrons. The fraction of sp³-hybridized carbons (Fsp3) is 0.167. The van der Waals surface area contributed by atoms with E-state index in [4.69, 9.17) is 9.72 Å². The summed E-state index contributed by atoms with van der Waals surface area (Å²) in [7, 11) is 0. The Kier molecular flexibility index (Phi) is 11.8. The van der Waals surface area contributed by atoms with Crippen LogP contribution in [0.2, 0.25) is 0 Å². The number of fused-ring (bicyclic) bond motifs is 3. The summed E-state index contributed by atoms with van der Waals surface area (Å²) in [6.45, 7) is 15.8. The second-order valence-electron chi connectivity index (χ2n) is 19.0. The molecule has 66 heavy (non-hydrogen) atoms. The van der Waals surface area contributed by atoms with Crippen LogP contribution in [0.5, 0.6) is 11.5 Å². The summed E-state index contributed by atoms with van der Waals surface area (Å²) in [5, 5.41) is 2.20. The minimum Gasteiger partial charge on any atom is -0.510 e. The maximum Gasteiger partial charge on any atom is 0.267 e. The van der Waals surface area contributed by atoms with Gasteiger partial charge in [0.1, 0.15) is 5.82 Å². The molecule has 10 rings (SSSR count). The van der Waals surface area contributed by atoms with Gasteiger partial charge >= 0.3 is 0 Å². The maximum absolute atomic E-state index is 6.87. The second-order valence-corrected chi connectivity index (χ2v) is 19.0. The zero-order chi connectivity index (χ0) is 44.9. The first-order chi connectivity index (χ1) is 31.3. The molecule has 0 amide bonds. The summed E-state index contributed by atoms with van der Waals surface area (Å²) in [6.07, 6.45) is 7.84. The standard InChI is InChI=1S/C60H52N4O.Pt/c1-58(2,3)56-40-62(48-27-19-26-46(36-48)59(4,5)44-22-13-9-14-23-44)41-63(56)49-34-43(42-20-11-8-12-21-42)35-51(38-49)65-50-30-31-53-52-28-17-18-29-54(52)64(55(53)39-50)57-37-47(32-33-61-57)60(6,7)45-24-15-10-16-25-45;/h8-37,40H,1-7H3;/q-2;. The molecule has 10 aromatic rings. The van der Waals surface area contributed by atoms with Gasteiger partial charge in [-0.05, 0) is 74.6 Å². The molecule has 0 radical (unpaired) electrons. The van der Waals surface area contributed by atoms with Gasteiger partial charge < -0.3 is 13.9 Å². The van der Waals surface area contributed by atoms with Gasteiger partial charge in [0.25, 0.3) is 6.33 Å². The van der Waals surface area contributed by atoms with Crippen molar-refractivity contribution in [3.8, 4) is 39.8 Å². The molecule has 0 saturated carbocycles. The Morgan fingerprint density at radius 1 is 0.530 bits per heavy atom. The Morgan fingerprint density at radius 2 is 1.15 bits per heavy atom. The summed E-state index contributed by atoms with van der Waals surface area (Å²) in [4.78, 5) is 4.96. The average Bonchev–Trinajstić information content (AvgIpc) is 3.94. The largest absolute Gasteiger partial charge is 0.510 e. The average molecular weight is 1040 g/mol. The molecule has 3 heterocycles. The van der Waals surface area contributed by atoms with Crippen molar-refractivity contribution in [1.82, 2.24) is 14.1 Å². The van der Waals surface area contributed by atoms with Crippen LogP contribution in [0.15, 0.2) is 188 Å². The fourth-order valence-electron chi connectivity index (χ4n) is 9.02.